The van der Waals surface area contributed by atoms with Crippen molar-refractivity contribution in [2.75, 3.05) is 13.1 Å². The minimum absolute atomic E-state index is 0.182. The summed E-state index contributed by atoms with van der Waals surface area (Å²) in [6.07, 6.45) is 1.17. The van der Waals surface area contributed by atoms with Crippen molar-refractivity contribution in [1.29, 1.82) is 5.26 Å². The smallest absolute Gasteiger partial charge is 0.410 e. The van der Waals surface area contributed by atoms with Crippen LogP contribution in [-0.2, 0) is 11.3 Å². The molecule has 1 atom stereocenters. The lowest BCUT2D eigenvalue weighted by molar-refractivity contribution is 0.00626. The molecule has 7 heteroatoms. The van der Waals surface area contributed by atoms with Crippen LogP contribution < -0.4 is 4.74 Å². The molecular weight excluding hydrogens is 404 g/mol. The van der Waals surface area contributed by atoms with Crippen LogP contribution in [0.25, 0.3) is 11.0 Å². The molecule has 1 fully saturated rings. The van der Waals surface area contributed by atoms with E-state index in [-0.39, 0.29) is 12.2 Å². The molecule has 0 spiro atoms. The Kier molecular flexibility index (Phi) is 6.04. The predicted octanol–water partition coefficient (Wildman–Crippen LogP) is 4.73. The molecule has 1 aliphatic rings. The van der Waals surface area contributed by atoms with E-state index in [1.54, 1.807) is 4.90 Å². The van der Waals surface area contributed by atoms with Crippen molar-refractivity contribution >= 4 is 17.1 Å². The molecule has 0 unspecified atom stereocenters. The minimum atomic E-state index is -0.535. The lowest BCUT2D eigenvalue weighted by Gasteiger charge is -2.34. The Morgan fingerprint density at radius 2 is 1.94 bits per heavy atom. The second-order valence-corrected chi connectivity index (χ2v) is 9.05. The van der Waals surface area contributed by atoms with Gasteiger partial charge in [-0.3, -0.25) is 4.57 Å². The lowest BCUT2D eigenvalue weighted by Crippen LogP contribution is -2.46. The molecular formula is C25H28N4O3. The molecule has 0 saturated carbocycles. The summed E-state index contributed by atoms with van der Waals surface area (Å²) < 4.78 is 13.9. The number of nitrogens with zero attached hydrogens (tertiary/aromatic N) is 4. The Balaban J connectivity index is 1.59. The van der Waals surface area contributed by atoms with Crippen LogP contribution in [-0.4, -0.2) is 45.3 Å². The average Bonchev–Trinajstić information content (AvgIpc) is 3.10. The third-order valence-corrected chi connectivity index (χ3v) is 5.39. The maximum Gasteiger partial charge on any atom is 0.410 e. The van der Waals surface area contributed by atoms with Gasteiger partial charge in [0.25, 0.3) is 6.01 Å². The highest BCUT2D eigenvalue weighted by molar-refractivity contribution is 5.76. The van der Waals surface area contributed by atoms with E-state index in [0.29, 0.717) is 31.2 Å². The monoisotopic (exact) mass is 432 g/mol. The number of benzene rings is 2. The van der Waals surface area contributed by atoms with Gasteiger partial charge in [0.05, 0.1) is 35.8 Å². The third-order valence-electron chi connectivity index (χ3n) is 5.39. The summed E-state index contributed by atoms with van der Waals surface area (Å²) in [6, 6.07) is 18.2. The molecule has 1 aromatic heterocycles. The van der Waals surface area contributed by atoms with Gasteiger partial charge < -0.3 is 14.4 Å². The zero-order valence-corrected chi connectivity index (χ0v) is 18.7. The van der Waals surface area contributed by atoms with Gasteiger partial charge in [-0.2, -0.15) is 10.2 Å². The number of para-hydroxylation sites is 2. The van der Waals surface area contributed by atoms with Crippen molar-refractivity contribution in [2.45, 2.75) is 51.9 Å². The summed E-state index contributed by atoms with van der Waals surface area (Å²) in [5.41, 5.74) is 2.77. The summed E-state index contributed by atoms with van der Waals surface area (Å²) in [6.45, 7) is 7.18. The maximum atomic E-state index is 12.5. The fraction of sp³-hybridized carbons (Fsp3) is 0.400. The lowest BCUT2D eigenvalue weighted by atomic mass is 10.1. The van der Waals surface area contributed by atoms with Gasteiger partial charge in [0.1, 0.15) is 11.7 Å². The average molecular weight is 433 g/mol. The molecule has 0 aliphatic carbocycles. The van der Waals surface area contributed by atoms with Crippen LogP contribution in [0, 0.1) is 11.3 Å². The van der Waals surface area contributed by atoms with Gasteiger partial charge in [0, 0.05) is 6.54 Å². The number of imidazole rings is 1. The van der Waals surface area contributed by atoms with Gasteiger partial charge in [0.2, 0.25) is 0 Å². The molecule has 3 aromatic rings. The standard InChI is InChI=1S/C25H28N4O3/c1-25(2,3)32-24(30)28-14-8-11-20(17-28)31-23-27-21-12-6-7-13-22(21)29(23)16-19-10-5-4-9-18(19)15-26/h4-7,9-10,12-13,20H,8,11,14,16-17H2,1-3H3/t20-/m0/s1. The van der Waals surface area contributed by atoms with Crippen molar-refractivity contribution in [2.24, 2.45) is 0 Å². The first-order valence-corrected chi connectivity index (χ1v) is 10.9. The molecule has 32 heavy (non-hydrogen) atoms. The van der Waals surface area contributed by atoms with Gasteiger partial charge in [0.15, 0.2) is 0 Å². The van der Waals surface area contributed by atoms with E-state index in [9.17, 15) is 10.1 Å². The molecule has 0 radical (unpaired) electrons. The van der Waals surface area contributed by atoms with Gasteiger partial charge in [-0.1, -0.05) is 30.3 Å². The van der Waals surface area contributed by atoms with Gasteiger partial charge in [-0.25, -0.2) is 4.79 Å². The molecule has 1 amide bonds. The number of nitriles is 1. The van der Waals surface area contributed by atoms with Crippen LogP contribution in [0.5, 0.6) is 6.01 Å². The Morgan fingerprint density at radius 3 is 2.72 bits per heavy atom. The fourth-order valence-corrected chi connectivity index (χ4v) is 3.91. The van der Waals surface area contributed by atoms with Crippen molar-refractivity contribution in [3.05, 3.63) is 59.7 Å². The summed E-state index contributed by atoms with van der Waals surface area (Å²) in [5.74, 6) is 0. The summed E-state index contributed by atoms with van der Waals surface area (Å²) in [5, 5.41) is 9.50. The van der Waals surface area contributed by atoms with E-state index in [1.807, 2.05) is 73.9 Å². The van der Waals surface area contributed by atoms with Gasteiger partial charge in [-0.05, 0) is 57.4 Å². The fourth-order valence-electron chi connectivity index (χ4n) is 3.91. The Bertz CT molecular complexity index is 1160. The van der Waals surface area contributed by atoms with Crippen molar-refractivity contribution in [3.8, 4) is 12.1 Å². The van der Waals surface area contributed by atoms with Crippen molar-refractivity contribution < 1.29 is 14.3 Å². The summed E-state index contributed by atoms with van der Waals surface area (Å²) >= 11 is 0. The van der Waals surface area contributed by atoms with Crippen molar-refractivity contribution in [3.63, 3.8) is 0 Å². The van der Waals surface area contributed by atoms with Crippen molar-refractivity contribution in [1.82, 2.24) is 14.5 Å². The number of aromatic nitrogens is 2. The molecule has 0 N–H and O–H groups in total. The highest BCUT2D eigenvalue weighted by Crippen LogP contribution is 2.26. The van der Waals surface area contributed by atoms with Crippen LogP contribution >= 0.6 is 0 Å². The number of fused-ring (bicyclic) bond motifs is 1. The van der Waals surface area contributed by atoms with Crippen LogP contribution in [0.1, 0.15) is 44.7 Å². The number of rotatable bonds is 4. The van der Waals surface area contributed by atoms with Crippen LogP contribution in [0.4, 0.5) is 4.79 Å². The highest BCUT2D eigenvalue weighted by Gasteiger charge is 2.29. The molecule has 1 saturated heterocycles. The number of piperidine rings is 1. The SMILES string of the molecule is CC(C)(C)OC(=O)N1CCC[C@H](Oc2nc3ccccc3n2Cc2ccccc2C#N)C1. The number of amides is 1. The molecule has 0 bridgehead atoms. The number of hydrogen-bond donors (Lipinski definition) is 0. The first kappa shape index (κ1) is 21.7. The second-order valence-electron chi connectivity index (χ2n) is 9.05. The topological polar surface area (TPSA) is 80.4 Å². The number of carbonyl (C=O) groups is 1. The first-order chi connectivity index (χ1) is 15.3. The van der Waals surface area contributed by atoms with Crippen LogP contribution in [0.3, 0.4) is 0 Å². The summed E-state index contributed by atoms with van der Waals surface area (Å²) in [7, 11) is 0. The van der Waals surface area contributed by atoms with E-state index < -0.39 is 5.60 Å². The van der Waals surface area contributed by atoms with E-state index in [1.165, 1.54) is 0 Å². The summed E-state index contributed by atoms with van der Waals surface area (Å²) in [4.78, 5) is 18.9. The first-order valence-electron chi connectivity index (χ1n) is 10.9. The zero-order chi connectivity index (χ0) is 22.7. The van der Waals surface area contributed by atoms with E-state index in [0.717, 1.165) is 29.4 Å². The maximum absolute atomic E-state index is 12.5. The van der Waals surface area contributed by atoms with Gasteiger partial charge in [-0.15, -0.1) is 0 Å². The second kappa shape index (κ2) is 8.91. The molecule has 7 nitrogen and oxygen atoms in total. The molecule has 1 aliphatic heterocycles. The van der Waals surface area contributed by atoms with Crippen LogP contribution in [0.15, 0.2) is 48.5 Å². The normalized spacial score (nSPS) is 16.6. The Labute approximate surface area is 188 Å². The van der Waals surface area contributed by atoms with Gasteiger partial charge >= 0.3 is 6.09 Å². The Hall–Kier alpha value is -3.53. The molecule has 166 valence electrons. The number of ether oxygens (including phenoxy) is 2. The van der Waals surface area contributed by atoms with E-state index in [4.69, 9.17) is 14.5 Å². The number of carbonyl (C=O) groups excluding carboxylic acids is 1. The van der Waals surface area contributed by atoms with E-state index >= 15 is 0 Å². The molecule has 2 heterocycles. The van der Waals surface area contributed by atoms with Crippen LogP contribution in [0.2, 0.25) is 0 Å². The third kappa shape index (κ3) is 4.86. The largest absolute Gasteiger partial charge is 0.459 e. The quantitative estimate of drug-likeness (QED) is 0.595. The predicted molar refractivity (Wildman–Crippen MR) is 121 cm³/mol. The number of hydrogen-bond acceptors (Lipinski definition) is 5. The Morgan fingerprint density at radius 1 is 1.19 bits per heavy atom. The number of likely N-dealkylation sites (tertiary alicyclic amines) is 1. The highest BCUT2D eigenvalue weighted by atomic mass is 16.6. The zero-order valence-electron chi connectivity index (χ0n) is 18.7. The minimum Gasteiger partial charge on any atom is -0.459 e. The van der Waals surface area contributed by atoms with E-state index in [2.05, 4.69) is 6.07 Å². The molecule has 4 rings (SSSR count). The molecule has 2 aromatic carbocycles.